The van der Waals surface area contributed by atoms with Crippen molar-refractivity contribution in [2.75, 3.05) is 13.1 Å². The largest absolute Gasteiger partial charge is 0.297 e. The zero-order valence-electron chi connectivity index (χ0n) is 10.4. The van der Waals surface area contributed by atoms with E-state index in [-0.39, 0.29) is 0 Å². The van der Waals surface area contributed by atoms with E-state index in [9.17, 15) is 0 Å². The van der Waals surface area contributed by atoms with Gasteiger partial charge >= 0.3 is 0 Å². The van der Waals surface area contributed by atoms with Crippen molar-refractivity contribution >= 4 is 11.3 Å². The minimum atomic E-state index is 0.503. The van der Waals surface area contributed by atoms with E-state index in [1.807, 2.05) is 6.92 Å². The summed E-state index contributed by atoms with van der Waals surface area (Å²) in [6, 6.07) is 2.21. The van der Waals surface area contributed by atoms with Crippen molar-refractivity contribution < 1.29 is 0 Å². The van der Waals surface area contributed by atoms with Gasteiger partial charge < -0.3 is 0 Å². The Bertz CT molecular complexity index is 397. The van der Waals surface area contributed by atoms with Gasteiger partial charge in [-0.25, -0.2) is 4.98 Å². The zero-order valence-corrected chi connectivity index (χ0v) is 11.2. The molecule has 0 unspecified atom stereocenters. The number of thiazole rings is 1. The molecule has 1 aromatic heterocycles. The van der Waals surface area contributed by atoms with Crippen LogP contribution in [-0.2, 0) is 13.0 Å². The molecular weight excluding hydrogens is 230 g/mol. The predicted octanol–water partition coefficient (Wildman–Crippen LogP) is 2.89. The van der Waals surface area contributed by atoms with Gasteiger partial charge in [0.25, 0.3) is 0 Å². The second-order valence-electron chi connectivity index (χ2n) is 4.64. The average molecular weight is 249 g/mol. The van der Waals surface area contributed by atoms with Crippen LogP contribution in [0.4, 0.5) is 0 Å². The predicted molar refractivity (Wildman–Crippen MR) is 69.9 cm³/mol. The molecule has 3 nitrogen and oxygen atoms in total. The van der Waals surface area contributed by atoms with Gasteiger partial charge in [0.1, 0.15) is 5.01 Å². The van der Waals surface area contributed by atoms with Crippen molar-refractivity contribution in [3.8, 4) is 6.07 Å². The van der Waals surface area contributed by atoms with Crippen LogP contribution in [0.2, 0.25) is 0 Å². The average Bonchev–Trinajstić information content (AvgIpc) is 2.54. The number of hydrogen-bond acceptors (Lipinski definition) is 4. The Morgan fingerprint density at radius 3 is 2.65 bits per heavy atom. The van der Waals surface area contributed by atoms with E-state index in [0.717, 1.165) is 17.1 Å². The molecule has 0 spiro atoms. The van der Waals surface area contributed by atoms with Crippen molar-refractivity contribution in [3.05, 3.63) is 15.6 Å². The minimum Gasteiger partial charge on any atom is -0.297 e. The fraction of sp³-hybridized carbons (Fsp3) is 0.692. The third kappa shape index (κ3) is 3.52. The molecular formula is C13H19N3S. The molecule has 2 heterocycles. The Hall–Kier alpha value is -0.920. The first kappa shape index (κ1) is 12.5. The molecule has 1 fully saturated rings. The SMILES string of the molecule is Cc1nc(CN2CCCCCC2)sc1CC#N. The van der Waals surface area contributed by atoms with Gasteiger partial charge in [0.2, 0.25) is 0 Å². The van der Waals surface area contributed by atoms with Gasteiger partial charge in [-0.3, -0.25) is 4.90 Å². The molecule has 0 aliphatic carbocycles. The second kappa shape index (κ2) is 6.13. The molecule has 17 heavy (non-hydrogen) atoms. The normalized spacial score (nSPS) is 17.6. The number of aryl methyl sites for hydroxylation is 1. The van der Waals surface area contributed by atoms with E-state index in [0.29, 0.717) is 6.42 Å². The number of likely N-dealkylation sites (tertiary alicyclic amines) is 1. The van der Waals surface area contributed by atoms with Gasteiger partial charge in [0.05, 0.1) is 24.7 Å². The fourth-order valence-corrected chi connectivity index (χ4v) is 3.32. The first-order chi connectivity index (χ1) is 8.29. The summed E-state index contributed by atoms with van der Waals surface area (Å²) in [6.45, 7) is 5.38. The highest BCUT2D eigenvalue weighted by Gasteiger charge is 2.13. The number of nitrogens with zero attached hydrogens (tertiary/aromatic N) is 3. The molecule has 92 valence electrons. The number of hydrogen-bond donors (Lipinski definition) is 0. The molecule has 1 saturated heterocycles. The van der Waals surface area contributed by atoms with Crippen LogP contribution in [0.25, 0.3) is 0 Å². The summed E-state index contributed by atoms with van der Waals surface area (Å²) < 4.78 is 0. The first-order valence-electron chi connectivity index (χ1n) is 6.34. The third-order valence-corrected chi connectivity index (χ3v) is 4.38. The van der Waals surface area contributed by atoms with Gasteiger partial charge in [-0.2, -0.15) is 5.26 Å². The Morgan fingerprint density at radius 1 is 1.29 bits per heavy atom. The van der Waals surface area contributed by atoms with Crippen LogP contribution in [-0.4, -0.2) is 23.0 Å². The van der Waals surface area contributed by atoms with Crippen LogP contribution < -0.4 is 0 Å². The Morgan fingerprint density at radius 2 is 2.00 bits per heavy atom. The molecule has 0 N–H and O–H groups in total. The summed E-state index contributed by atoms with van der Waals surface area (Å²) in [5, 5.41) is 9.91. The van der Waals surface area contributed by atoms with Crippen LogP contribution in [0.3, 0.4) is 0 Å². The summed E-state index contributed by atoms with van der Waals surface area (Å²) in [5.41, 5.74) is 1.04. The Balaban J connectivity index is 1.97. The lowest BCUT2D eigenvalue weighted by atomic mass is 10.2. The van der Waals surface area contributed by atoms with E-state index in [2.05, 4.69) is 16.0 Å². The highest BCUT2D eigenvalue weighted by atomic mass is 32.1. The highest BCUT2D eigenvalue weighted by molar-refractivity contribution is 7.11. The Kier molecular flexibility index (Phi) is 4.52. The third-order valence-electron chi connectivity index (χ3n) is 3.23. The van der Waals surface area contributed by atoms with E-state index >= 15 is 0 Å². The van der Waals surface area contributed by atoms with E-state index in [1.54, 1.807) is 11.3 Å². The number of aromatic nitrogens is 1. The fourth-order valence-electron chi connectivity index (χ4n) is 2.28. The quantitative estimate of drug-likeness (QED) is 0.827. The van der Waals surface area contributed by atoms with Crippen LogP contribution in [0, 0.1) is 18.3 Å². The summed E-state index contributed by atoms with van der Waals surface area (Å²) in [6.07, 6.45) is 5.87. The lowest BCUT2D eigenvalue weighted by Crippen LogP contribution is -2.23. The van der Waals surface area contributed by atoms with E-state index < -0.39 is 0 Å². The standard InChI is InChI=1S/C13H19N3S/c1-11-12(6-7-14)17-13(15-11)10-16-8-4-2-3-5-9-16/h2-6,8-10H2,1H3. The maximum absolute atomic E-state index is 8.73. The maximum Gasteiger partial charge on any atom is 0.107 e. The summed E-state index contributed by atoms with van der Waals surface area (Å²) >= 11 is 1.71. The zero-order chi connectivity index (χ0) is 12.1. The molecule has 0 saturated carbocycles. The van der Waals surface area contributed by atoms with Crippen molar-refractivity contribution in [1.82, 2.24) is 9.88 Å². The number of nitriles is 1. The molecule has 0 amide bonds. The van der Waals surface area contributed by atoms with Gasteiger partial charge in [0, 0.05) is 4.88 Å². The molecule has 1 aromatic rings. The van der Waals surface area contributed by atoms with Crippen molar-refractivity contribution in [1.29, 1.82) is 5.26 Å². The molecule has 1 aliphatic rings. The molecule has 0 aromatic carbocycles. The van der Waals surface area contributed by atoms with Crippen molar-refractivity contribution in [2.45, 2.75) is 45.6 Å². The van der Waals surface area contributed by atoms with Gasteiger partial charge in [-0.1, -0.05) is 12.8 Å². The van der Waals surface area contributed by atoms with Crippen molar-refractivity contribution in [3.63, 3.8) is 0 Å². The number of rotatable bonds is 3. The summed E-state index contributed by atoms with van der Waals surface area (Å²) in [5.74, 6) is 0. The first-order valence-corrected chi connectivity index (χ1v) is 7.15. The maximum atomic E-state index is 8.73. The topological polar surface area (TPSA) is 39.9 Å². The summed E-state index contributed by atoms with van der Waals surface area (Å²) in [7, 11) is 0. The van der Waals surface area contributed by atoms with Crippen LogP contribution in [0.15, 0.2) is 0 Å². The molecule has 0 atom stereocenters. The molecule has 4 heteroatoms. The second-order valence-corrected chi connectivity index (χ2v) is 5.81. The Labute approximate surface area is 107 Å². The van der Waals surface area contributed by atoms with Crippen LogP contribution in [0.5, 0.6) is 0 Å². The molecule has 0 bridgehead atoms. The summed E-state index contributed by atoms with van der Waals surface area (Å²) in [4.78, 5) is 8.22. The molecule has 1 aliphatic heterocycles. The van der Waals surface area contributed by atoms with Crippen LogP contribution >= 0.6 is 11.3 Å². The molecule has 2 rings (SSSR count). The van der Waals surface area contributed by atoms with Crippen LogP contribution in [0.1, 0.15) is 41.3 Å². The minimum absolute atomic E-state index is 0.503. The lowest BCUT2D eigenvalue weighted by Gasteiger charge is -2.17. The van der Waals surface area contributed by atoms with Gasteiger partial charge in [0.15, 0.2) is 0 Å². The highest BCUT2D eigenvalue weighted by Crippen LogP contribution is 2.21. The van der Waals surface area contributed by atoms with Gasteiger partial charge in [-0.15, -0.1) is 11.3 Å². The lowest BCUT2D eigenvalue weighted by molar-refractivity contribution is 0.276. The van der Waals surface area contributed by atoms with E-state index in [4.69, 9.17) is 5.26 Å². The monoisotopic (exact) mass is 249 g/mol. The smallest absolute Gasteiger partial charge is 0.107 e. The molecule has 0 radical (unpaired) electrons. The van der Waals surface area contributed by atoms with Crippen molar-refractivity contribution in [2.24, 2.45) is 0 Å². The van der Waals surface area contributed by atoms with Gasteiger partial charge in [-0.05, 0) is 32.9 Å². The van der Waals surface area contributed by atoms with E-state index in [1.165, 1.54) is 43.8 Å².